The van der Waals surface area contributed by atoms with Crippen LogP contribution in [0.4, 0.5) is 10.1 Å². The van der Waals surface area contributed by atoms with Crippen LogP contribution in [0.5, 0.6) is 5.75 Å². The molecule has 0 aliphatic carbocycles. The Morgan fingerprint density at radius 3 is 2.96 bits per heavy atom. The van der Waals surface area contributed by atoms with Gasteiger partial charge in [-0.1, -0.05) is 5.21 Å². The minimum Gasteiger partial charge on any atom is -0.487 e. The molecule has 1 saturated heterocycles. The van der Waals surface area contributed by atoms with Crippen molar-refractivity contribution in [3.63, 3.8) is 0 Å². The van der Waals surface area contributed by atoms with Gasteiger partial charge in [0, 0.05) is 6.07 Å². The molecule has 1 aromatic carbocycles. The lowest BCUT2D eigenvalue weighted by Gasteiger charge is -2.32. The second-order valence-corrected chi connectivity index (χ2v) is 6.52. The zero-order chi connectivity index (χ0) is 17.4. The zero-order valence-corrected chi connectivity index (χ0v) is 14.0. The van der Waals surface area contributed by atoms with Crippen molar-refractivity contribution in [2.24, 2.45) is 0 Å². The van der Waals surface area contributed by atoms with Crippen LogP contribution in [0, 0.1) is 5.82 Å². The van der Waals surface area contributed by atoms with Crippen molar-refractivity contribution in [3.05, 3.63) is 35.9 Å². The van der Waals surface area contributed by atoms with E-state index in [9.17, 15) is 9.18 Å². The highest BCUT2D eigenvalue weighted by Crippen LogP contribution is 2.34. The fourth-order valence-electron chi connectivity index (χ4n) is 3.37. The summed E-state index contributed by atoms with van der Waals surface area (Å²) in [5.74, 6) is -0.266. The molecule has 1 unspecified atom stereocenters. The number of benzene rings is 1. The molecule has 1 fully saturated rings. The molecular formula is C17H20FN5O2. The molecular weight excluding hydrogens is 325 g/mol. The van der Waals surface area contributed by atoms with Gasteiger partial charge in [0.05, 0.1) is 24.5 Å². The Hall–Kier alpha value is -2.48. The van der Waals surface area contributed by atoms with Crippen LogP contribution < -0.4 is 15.0 Å². The van der Waals surface area contributed by atoms with Crippen LogP contribution in [0.3, 0.4) is 0 Å². The van der Waals surface area contributed by atoms with E-state index in [4.69, 9.17) is 4.74 Å². The normalized spacial score (nSPS) is 20.9. The molecule has 1 atom stereocenters. The summed E-state index contributed by atoms with van der Waals surface area (Å²) >= 11 is 0. The summed E-state index contributed by atoms with van der Waals surface area (Å²) in [6.45, 7) is 4.11. The first-order chi connectivity index (χ1) is 12.1. The summed E-state index contributed by atoms with van der Waals surface area (Å²) in [6.07, 6.45) is 3.42. The highest BCUT2D eigenvalue weighted by atomic mass is 19.1. The minimum atomic E-state index is -0.392. The molecule has 3 heterocycles. The fraction of sp³-hybridized carbons (Fsp3) is 0.471. The van der Waals surface area contributed by atoms with Gasteiger partial charge in [0.25, 0.3) is 5.91 Å². The van der Waals surface area contributed by atoms with E-state index < -0.39 is 5.82 Å². The summed E-state index contributed by atoms with van der Waals surface area (Å²) in [6, 6.07) is 4.45. The molecule has 1 aromatic heterocycles. The molecule has 0 radical (unpaired) electrons. The topological polar surface area (TPSA) is 72.3 Å². The highest BCUT2D eigenvalue weighted by Gasteiger charge is 2.30. The molecule has 1 amide bonds. The lowest BCUT2D eigenvalue weighted by molar-refractivity contribution is 0.0956. The number of amides is 1. The van der Waals surface area contributed by atoms with Crippen LogP contribution in [-0.4, -0.2) is 46.6 Å². The molecule has 0 spiro atoms. The lowest BCUT2D eigenvalue weighted by Crippen LogP contribution is -2.42. The number of nitrogens with zero attached hydrogens (tertiary/aromatic N) is 4. The second kappa shape index (κ2) is 6.44. The number of hydrogen-bond donors (Lipinski definition) is 1. The number of anilines is 1. The maximum absolute atomic E-state index is 13.5. The average Bonchev–Trinajstić information content (AvgIpc) is 3.11. The third-order valence-corrected chi connectivity index (χ3v) is 4.64. The number of carbonyl (C=O) groups excluding carboxylic acids is 1. The van der Waals surface area contributed by atoms with Crippen molar-refractivity contribution in [3.8, 4) is 5.75 Å². The van der Waals surface area contributed by atoms with Crippen molar-refractivity contribution in [2.75, 3.05) is 24.5 Å². The predicted octanol–water partition coefficient (Wildman–Crippen LogP) is 1.77. The number of piperidine rings is 1. The third-order valence-electron chi connectivity index (χ3n) is 4.64. The van der Waals surface area contributed by atoms with Crippen LogP contribution >= 0.6 is 0 Å². The molecule has 0 bridgehead atoms. The first-order valence-corrected chi connectivity index (χ1v) is 8.52. The van der Waals surface area contributed by atoms with E-state index in [1.807, 2.05) is 6.92 Å². The van der Waals surface area contributed by atoms with E-state index in [-0.39, 0.29) is 18.1 Å². The van der Waals surface area contributed by atoms with Crippen LogP contribution in [0.15, 0.2) is 24.4 Å². The summed E-state index contributed by atoms with van der Waals surface area (Å²) in [5, 5.41) is 11.5. The standard InChI is InChI=1S/C17H20FN5O2/c1-11-9-22(15-3-2-12(18)8-16(15)25-11)17(24)14-10-23(21-20-14)13-4-6-19-7-5-13/h2-3,8,10-11,13,19H,4-7,9H2,1H3. The fourth-order valence-corrected chi connectivity index (χ4v) is 3.37. The van der Waals surface area contributed by atoms with Gasteiger partial charge in [-0.2, -0.15) is 0 Å². The molecule has 4 rings (SSSR count). The van der Waals surface area contributed by atoms with Gasteiger partial charge in [0.15, 0.2) is 5.69 Å². The molecule has 7 nitrogen and oxygen atoms in total. The molecule has 25 heavy (non-hydrogen) atoms. The summed E-state index contributed by atoms with van der Waals surface area (Å²) in [5.41, 5.74) is 0.851. The number of fused-ring (bicyclic) bond motifs is 1. The van der Waals surface area contributed by atoms with Crippen LogP contribution in [0.25, 0.3) is 0 Å². The van der Waals surface area contributed by atoms with Gasteiger partial charge in [0.1, 0.15) is 17.7 Å². The minimum absolute atomic E-state index is 0.224. The van der Waals surface area contributed by atoms with Crippen LogP contribution in [0.2, 0.25) is 0 Å². The largest absolute Gasteiger partial charge is 0.487 e. The summed E-state index contributed by atoms with van der Waals surface area (Å²) in [4.78, 5) is 14.5. The Balaban J connectivity index is 1.60. The van der Waals surface area contributed by atoms with E-state index in [2.05, 4.69) is 15.6 Å². The number of nitrogens with one attached hydrogen (secondary N) is 1. The van der Waals surface area contributed by atoms with Gasteiger partial charge in [-0.3, -0.25) is 9.69 Å². The van der Waals surface area contributed by atoms with Gasteiger partial charge in [-0.15, -0.1) is 5.10 Å². The molecule has 132 valence electrons. The SMILES string of the molecule is CC1CN(C(=O)c2cn(C3CCNCC3)nn2)c2ccc(F)cc2O1. The maximum Gasteiger partial charge on any atom is 0.280 e. The smallest absolute Gasteiger partial charge is 0.280 e. The second-order valence-electron chi connectivity index (χ2n) is 6.52. The monoisotopic (exact) mass is 345 g/mol. The molecule has 2 aliphatic heterocycles. The van der Waals surface area contributed by atoms with Gasteiger partial charge in [-0.05, 0) is 45.0 Å². The van der Waals surface area contributed by atoms with E-state index in [1.54, 1.807) is 21.8 Å². The molecule has 2 aliphatic rings. The number of halogens is 1. The Bertz CT molecular complexity index is 787. The Morgan fingerprint density at radius 2 is 2.16 bits per heavy atom. The van der Waals surface area contributed by atoms with Gasteiger partial charge >= 0.3 is 0 Å². The maximum atomic E-state index is 13.5. The van der Waals surface area contributed by atoms with Gasteiger partial charge in [0.2, 0.25) is 0 Å². The third kappa shape index (κ3) is 3.09. The van der Waals surface area contributed by atoms with Gasteiger partial charge < -0.3 is 10.1 Å². The van der Waals surface area contributed by atoms with Gasteiger partial charge in [-0.25, -0.2) is 9.07 Å². The first-order valence-electron chi connectivity index (χ1n) is 8.52. The van der Waals surface area contributed by atoms with E-state index in [0.29, 0.717) is 23.7 Å². The molecule has 2 aromatic rings. The van der Waals surface area contributed by atoms with Crippen molar-refractivity contribution in [1.82, 2.24) is 20.3 Å². The predicted molar refractivity (Wildman–Crippen MR) is 89.3 cm³/mol. The first kappa shape index (κ1) is 16.0. The van der Waals surface area contributed by atoms with Crippen LogP contribution in [0.1, 0.15) is 36.3 Å². The average molecular weight is 345 g/mol. The van der Waals surface area contributed by atoms with Crippen molar-refractivity contribution in [2.45, 2.75) is 31.9 Å². The molecule has 1 N–H and O–H groups in total. The lowest BCUT2D eigenvalue weighted by atomic mass is 10.1. The molecule has 8 heteroatoms. The number of aromatic nitrogens is 3. The van der Waals surface area contributed by atoms with E-state index in [0.717, 1.165) is 25.9 Å². The Kier molecular flexibility index (Phi) is 4.12. The number of hydrogen-bond acceptors (Lipinski definition) is 5. The highest BCUT2D eigenvalue weighted by molar-refractivity contribution is 6.05. The van der Waals surface area contributed by atoms with Crippen LogP contribution in [-0.2, 0) is 0 Å². The van der Waals surface area contributed by atoms with Crippen molar-refractivity contribution in [1.29, 1.82) is 0 Å². The van der Waals surface area contributed by atoms with Crippen molar-refractivity contribution >= 4 is 11.6 Å². The summed E-state index contributed by atoms with van der Waals surface area (Å²) < 4.78 is 20.9. The number of carbonyl (C=O) groups is 1. The zero-order valence-electron chi connectivity index (χ0n) is 14.0. The number of rotatable bonds is 2. The van der Waals surface area contributed by atoms with E-state index >= 15 is 0 Å². The molecule has 0 saturated carbocycles. The Labute approximate surface area is 144 Å². The summed E-state index contributed by atoms with van der Waals surface area (Å²) in [7, 11) is 0. The number of ether oxygens (including phenoxy) is 1. The van der Waals surface area contributed by atoms with Crippen molar-refractivity contribution < 1.29 is 13.9 Å². The quantitative estimate of drug-likeness (QED) is 0.898. The Morgan fingerprint density at radius 1 is 1.36 bits per heavy atom. The van der Waals surface area contributed by atoms with E-state index in [1.165, 1.54) is 12.1 Å².